The molecule has 1 unspecified atom stereocenters. The third-order valence-corrected chi connectivity index (χ3v) is 3.95. The molecule has 0 spiro atoms. The highest BCUT2D eigenvalue weighted by atomic mass is 79.9. The number of ether oxygens (including phenoxy) is 1. The van der Waals surface area contributed by atoms with Crippen LogP contribution in [-0.4, -0.2) is 24.5 Å². The number of hydrogen-bond acceptors (Lipinski definition) is 4. The summed E-state index contributed by atoms with van der Waals surface area (Å²) in [5.74, 6) is -0.577. The number of rotatable bonds is 3. The van der Waals surface area contributed by atoms with Gasteiger partial charge in [0.05, 0.1) is 18.6 Å². The SMILES string of the molecule is O=C1OCCC1N(C(=O)c1ccco1)c1ccccc1Br. The molecule has 0 bridgehead atoms. The molecule has 0 saturated carbocycles. The van der Waals surface area contributed by atoms with Gasteiger partial charge in [-0.15, -0.1) is 0 Å². The van der Waals surface area contributed by atoms with Crippen molar-refractivity contribution >= 4 is 33.5 Å². The van der Waals surface area contributed by atoms with Crippen LogP contribution in [0.1, 0.15) is 17.0 Å². The van der Waals surface area contributed by atoms with E-state index in [1.165, 1.54) is 11.2 Å². The lowest BCUT2D eigenvalue weighted by atomic mass is 10.1. The van der Waals surface area contributed by atoms with E-state index in [9.17, 15) is 9.59 Å². The fourth-order valence-corrected chi connectivity index (χ4v) is 2.78. The van der Waals surface area contributed by atoms with Crippen molar-refractivity contribution < 1.29 is 18.7 Å². The lowest BCUT2D eigenvalue weighted by molar-refractivity contribution is -0.139. The predicted molar refractivity (Wildman–Crippen MR) is 79.0 cm³/mol. The first kappa shape index (κ1) is 13.9. The first-order chi connectivity index (χ1) is 10.2. The van der Waals surface area contributed by atoms with Gasteiger partial charge in [-0.25, -0.2) is 4.79 Å². The highest BCUT2D eigenvalue weighted by Crippen LogP contribution is 2.31. The van der Waals surface area contributed by atoms with Gasteiger partial charge in [0.2, 0.25) is 0 Å². The molecule has 3 rings (SSSR count). The number of nitrogens with zero attached hydrogens (tertiary/aromatic N) is 1. The number of carbonyl (C=O) groups is 2. The molecule has 5 nitrogen and oxygen atoms in total. The Morgan fingerprint density at radius 1 is 1.24 bits per heavy atom. The Bertz CT molecular complexity index is 668. The minimum absolute atomic E-state index is 0.186. The Labute approximate surface area is 129 Å². The topological polar surface area (TPSA) is 59.8 Å². The van der Waals surface area contributed by atoms with Crippen molar-refractivity contribution in [1.82, 2.24) is 0 Å². The van der Waals surface area contributed by atoms with Gasteiger partial charge in [0.1, 0.15) is 6.04 Å². The number of furan rings is 1. The molecule has 0 radical (unpaired) electrons. The zero-order chi connectivity index (χ0) is 14.8. The minimum atomic E-state index is -0.638. The zero-order valence-electron chi connectivity index (χ0n) is 11.0. The number of hydrogen-bond donors (Lipinski definition) is 0. The maximum atomic E-state index is 12.7. The van der Waals surface area contributed by atoms with Crippen LogP contribution in [0.2, 0.25) is 0 Å². The van der Waals surface area contributed by atoms with Crippen LogP contribution in [0, 0.1) is 0 Å². The molecule has 0 aliphatic carbocycles. The molecular weight excluding hydrogens is 338 g/mol. The van der Waals surface area contributed by atoms with E-state index in [-0.39, 0.29) is 11.7 Å². The summed E-state index contributed by atoms with van der Waals surface area (Å²) in [5.41, 5.74) is 0.614. The Hall–Kier alpha value is -2.08. The summed E-state index contributed by atoms with van der Waals surface area (Å²) in [7, 11) is 0. The largest absolute Gasteiger partial charge is 0.464 e. The number of carbonyl (C=O) groups excluding carboxylic acids is 2. The molecule has 1 saturated heterocycles. The number of anilines is 1. The maximum Gasteiger partial charge on any atom is 0.329 e. The van der Waals surface area contributed by atoms with Gasteiger partial charge in [-0.05, 0) is 40.2 Å². The number of para-hydroxylation sites is 1. The second kappa shape index (κ2) is 5.73. The van der Waals surface area contributed by atoms with Crippen LogP contribution in [0.5, 0.6) is 0 Å². The summed E-state index contributed by atoms with van der Waals surface area (Å²) in [6.45, 7) is 0.315. The van der Waals surface area contributed by atoms with Crippen LogP contribution in [-0.2, 0) is 9.53 Å². The van der Waals surface area contributed by atoms with Gasteiger partial charge >= 0.3 is 5.97 Å². The van der Waals surface area contributed by atoms with Gasteiger partial charge in [-0.3, -0.25) is 9.69 Å². The third-order valence-electron chi connectivity index (χ3n) is 3.28. The summed E-state index contributed by atoms with van der Waals surface area (Å²) in [5, 5.41) is 0. The maximum absolute atomic E-state index is 12.7. The van der Waals surface area contributed by atoms with Crippen molar-refractivity contribution in [3.8, 4) is 0 Å². The zero-order valence-corrected chi connectivity index (χ0v) is 12.6. The van der Waals surface area contributed by atoms with Crippen LogP contribution in [0.4, 0.5) is 5.69 Å². The van der Waals surface area contributed by atoms with E-state index in [0.717, 1.165) is 4.47 Å². The summed E-state index contributed by atoms with van der Waals surface area (Å²) in [4.78, 5) is 26.0. The van der Waals surface area contributed by atoms with Gasteiger partial charge in [-0.1, -0.05) is 12.1 Å². The summed E-state index contributed by atoms with van der Waals surface area (Å²) in [6.07, 6.45) is 1.89. The van der Waals surface area contributed by atoms with Crippen molar-refractivity contribution in [3.05, 3.63) is 52.9 Å². The predicted octanol–water partition coefficient (Wildman–Crippen LogP) is 3.00. The average Bonchev–Trinajstić information content (AvgIpc) is 3.13. The summed E-state index contributed by atoms with van der Waals surface area (Å²) in [6, 6.07) is 9.82. The molecule has 1 aromatic heterocycles. The quantitative estimate of drug-likeness (QED) is 0.799. The van der Waals surface area contributed by atoms with E-state index in [4.69, 9.17) is 9.15 Å². The van der Waals surface area contributed by atoms with E-state index in [1.807, 2.05) is 18.2 Å². The van der Waals surface area contributed by atoms with Gasteiger partial charge in [0.25, 0.3) is 5.91 Å². The number of halogens is 1. The molecule has 1 aliphatic rings. The van der Waals surface area contributed by atoms with E-state index in [0.29, 0.717) is 18.7 Å². The highest BCUT2D eigenvalue weighted by Gasteiger charge is 2.38. The van der Waals surface area contributed by atoms with Crippen molar-refractivity contribution in [1.29, 1.82) is 0 Å². The molecule has 1 fully saturated rings. The Kier molecular flexibility index (Phi) is 3.79. The van der Waals surface area contributed by atoms with Gasteiger partial charge < -0.3 is 9.15 Å². The average molecular weight is 350 g/mol. The Balaban J connectivity index is 2.05. The molecule has 1 amide bonds. The highest BCUT2D eigenvalue weighted by molar-refractivity contribution is 9.10. The molecule has 2 heterocycles. The lowest BCUT2D eigenvalue weighted by Gasteiger charge is -2.26. The number of amides is 1. The molecular formula is C15H12BrNO4. The van der Waals surface area contributed by atoms with E-state index < -0.39 is 12.0 Å². The van der Waals surface area contributed by atoms with Gasteiger partial charge in [-0.2, -0.15) is 0 Å². The fraction of sp³-hybridized carbons (Fsp3) is 0.200. The number of benzene rings is 1. The molecule has 108 valence electrons. The molecule has 2 aromatic rings. The van der Waals surface area contributed by atoms with Crippen LogP contribution in [0.25, 0.3) is 0 Å². The van der Waals surface area contributed by atoms with Crippen LogP contribution in [0.15, 0.2) is 51.6 Å². The van der Waals surface area contributed by atoms with Crippen LogP contribution < -0.4 is 4.90 Å². The normalized spacial score (nSPS) is 17.6. The van der Waals surface area contributed by atoms with Crippen LogP contribution >= 0.6 is 15.9 Å². The number of esters is 1. The van der Waals surface area contributed by atoms with E-state index in [1.54, 1.807) is 18.2 Å². The van der Waals surface area contributed by atoms with E-state index in [2.05, 4.69) is 15.9 Å². The molecule has 1 atom stereocenters. The second-order valence-electron chi connectivity index (χ2n) is 4.58. The van der Waals surface area contributed by atoms with Crippen molar-refractivity contribution in [2.45, 2.75) is 12.5 Å². The van der Waals surface area contributed by atoms with E-state index >= 15 is 0 Å². The van der Waals surface area contributed by atoms with Gasteiger partial charge in [0, 0.05) is 10.9 Å². The smallest absolute Gasteiger partial charge is 0.329 e. The summed E-state index contributed by atoms with van der Waals surface area (Å²) < 4.78 is 10.9. The minimum Gasteiger partial charge on any atom is -0.464 e. The first-order valence-electron chi connectivity index (χ1n) is 6.46. The fourth-order valence-electron chi connectivity index (χ4n) is 2.30. The van der Waals surface area contributed by atoms with Crippen molar-refractivity contribution in [2.75, 3.05) is 11.5 Å². The first-order valence-corrected chi connectivity index (χ1v) is 7.26. The molecule has 1 aliphatic heterocycles. The lowest BCUT2D eigenvalue weighted by Crippen LogP contribution is -2.43. The Morgan fingerprint density at radius 3 is 2.67 bits per heavy atom. The Morgan fingerprint density at radius 2 is 2.05 bits per heavy atom. The number of cyclic esters (lactones) is 1. The second-order valence-corrected chi connectivity index (χ2v) is 5.43. The van der Waals surface area contributed by atoms with Crippen molar-refractivity contribution in [3.63, 3.8) is 0 Å². The standard InChI is InChI=1S/C15H12BrNO4/c16-10-4-1-2-5-11(10)17(12-7-9-21-15(12)19)14(18)13-6-3-8-20-13/h1-6,8,12H,7,9H2. The molecule has 0 N–H and O–H groups in total. The van der Waals surface area contributed by atoms with Crippen LogP contribution in [0.3, 0.4) is 0 Å². The molecule has 6 heteroatoms. The summed E-state index contributed by atoms with van der Waals surface area (Å²) >= 11 is 3.42. The molecule has 21 heavy (non-hydrogen) atoms. The third kappa shape index (κ3) is 2.58. The van der Waals surface area contributed by atoms with Gasteiger partial charge in [0.15, 0.2) is 5.76 Å². The molecule has 1 aromatic carbocycles. The van der Waals surface area contributed by atoms with Crippen molar-refractivity contribution in [2.24, 2.45) is 0 Å². The monoisotopic (exact) mass is 349 g/mol.